The number of para-hydroxylation sites is 2. The number of hydrogen-bond donors (Lipinski definition) is 2. The van der Waals surface area contributed by atoms with Crippen LogP contribution in [-0.4, -0.2) is 21.8 Å². The van der Waals surface area contributed by atoms with Crippen molar-refractivity contribution in [1.29, 1.82) is 0 Å². The van der Waals surface area contributed by atoms with Gasteiger partial charge in [-0.2, -0.15) is 0 Å². The molecule has 3 rings (SSSR count). The van der Waals surface area contributed by atoms with Gasteiger partial charge in [0.25, 0.3) is 0 Å². The molecule has 1 aliphatic rings. The largest absolute Gasteiger partial charge is 0.324 e. The molecule has 20 heavy (non-hydrogen) atoms. The summed E-state index contributed by atoms with van der Waals surface area (Å²) in [6, 6.07) is 7.43. The molecule has 0 unspecified atom stereocenters. The number of anilines is 1. The lowest BCUT2D eigenvalue weighted by Gasteiger charge is -2.27. The van der Waals surface area contributed by atoms with Crippen molar-refractivity contribution in [3.05, 3.63) is 24.3 Å². The minimum absolute atomic E-state index is 0.217. The molecule has 0 aliphatic heterocycles. The number of hydrogen-bond acceptors (Lipinski definition) is 2. The van der Waals surface area contributed by atoms with Crippen molar-refractivity contribution in [3.8, 4) is 0 Å². The first kappa shape index (κ1) is 13.0. The number of halogens is 2. The number of amides is 1. The predicted molar refractivity (Wildman–Crippen MR) is 71.6 cm³/mol. The zero-order valence-electron chi connectivity index (χ0n) is 10.8. The minimum atomic E-state index is -2.61. The maximum atomic E-state index is 13.1. The molecule has 0 atom stereocenters. The van der Waals surface area contributed by atoms with Crippen LogP contribution in [-0.2, 0) is 4.79 Å². The Balaban J connectivity index is 1.67. The van der Waals surface area contributed by atoms with Gasteiger partial charge in [0.05, 0.1) is 11.0 Å². The van der Waals surface area contributed by atoms with Crippen LogP contribution >= 0.6 is 0 Å². The highest BCUT2D eigenvalue weighted by Gasteiger charge is 2.37. The molecule has 0 saturated heterocycles. The third kappa shape index (κ3) is 2.64. The molecule has 1 aromatic heterocycles. The van der Waals surface area contributed by atoms with Gasteiger partial charge in [-0.25, -0.2) is 13.8 Å². The monoisotopic (exact) mass is 279 g/mol. The molecule has 1 saturated carbocycles. The van der Waals surface area contributed by atoms with E-state index in [0.717, 1.165) is 11.0 Å². The quantitative estimate of drug-likeness (QED) is 0.886. The summed E-state index contributed by atoms with van der Waals surface area (Å²) in [6.45, 7) is 0. The molecular weight excluding hydrogens is 264 g/mol. The molecule has 1 fully saturated rings. The van der Waals surface area contributed by atoms with Crippen molar-refractivity contribution in [2.45, 2.75) is 31.6 Å². The second kappa shape index (κ2) is 4.85. The fourth-order valence-corrected chi connectivity index (χ4v) is 2.53. The highest BCUT2D eigenvalue weighted by molar-refractivity contribution is 5.92. The van der Waals surface area contributed by atoms with Crippen LogP contribution < -0.4 is 5.32 Å². The van der Waals surface area contributed by atoms with Crippen molar-refractivity contribution in [2.24, 2.45) is 5.92 Å². The van der Waals surface area contributed by atoms with E-state index in [2.05, 4.69) is 15.3 Å². The Morgan fingerprint density at radius 1 is 1.30 bits per heavy atom. The molecule has 0 spiro atoms. The zero-order chi connectivity index (χ0) is 14.2. The number of imidazole rings is 1. The number of aromatic nitrogens is 2. The van der Waals surface area contributed by atoms with Crippen LogP contribution in [0.5, 0.6) is 0 Å². The Labute approximate surface area is 114 Å². The van der Waals surface area contributed by atoms with Gasteiger partial charge in [-0.3, -0.25) is 10.1 Å². The maximum Gasteiger partial charge on any atom is 0.248 e. The fraction of sp³-hybridized carbons (Fsp3) is 0.429. The molecule has 1 amide bonds. The average molecular weight is 279 g/mol. The smallest absolute Gasteiger partial charge is 0.248 e. The number of benzene rings is 1. The second-order valence-electron chi connectivity index (χ2n) is 5.22. The number of carbonyl (C=O) groups excluding carboxylic acids is 1. The van der Waals surface area contributed by atoms with E-state index in [9.17, 15) is 13.6 Å². The summed E-state index contributed by atoms with van der Waals surface area (Å²) < 4.78 is 26.1. The van der Waals surface area contributed by atoms with Gasteiger partial charge < -0.3 is 4.98 Å². The molecule has 6 heteroatoms. The normalized spacial score (nSPS) is 19.1. The van der Waals surface area contributed by atoms with Crippen LogP contribution in [0.3, 0.4) is 0 Å². The number of nitrogens with zero attached hydrogens (tertiary/aromatic N) is 1. The van der Waals surface area contributed by atoms with Gasteiger partial charge in [0.1, 0.15) is 0 Å². The number of rotatable bonds is 2. The molecule has 1 aromatic carbocycles. The van der Waals surface area contributed by atoms with E-state index < -0.39 is 5.92 Å². The lowest BCUT2D eigenvalue weighted by Crippen LogP contribution is -2.32. The van der Waals surface area contributed by atoms with E-state index in [0.29, 0.717) is 5.95 Å². The van der Waals surface area contributed by atoms with Crippen molar-refractivity contribution in [2.75, 3.05) is 5.32 Å². The van der Waals surface area contributed by atoms with Gasteiger partial charge in [-0.05, 0) is 25.0 Å². The van der Waals surface area contributed by atoms with Gasteiger partial charge in [-0.15, -0.1) is 0 Å². The van der Waals surface area contributed by atoms with Gasteiger partial charge in [0.15, 0.2) is 0 Å². The first-order chi connectivity index (χ1) is 9.53. The molecule has 1 heterocycles. The summed E-state index contributed by atoms with van der Waals surface area (Å²) in [5.74, 6) is -2.84. The van der Waals surface area contributed by atoms with E-state index in [1.807, 2.05) is 24.3 Å². The number of carbonyl (C=O) groups is 1. The van der Waals surface area contributed by atoms with Crippen LogP contribution in [0.4, 0.5) is 14.7 Å². The van der Waals surface area contributed by atoms with Gasteiger partial charge in [0.2, 0.25) is 17.8 Å². The molecule has 2 aromatic rings. The molecule has 1 aliphatic carbocycles. The Hall–Kier alpha value is -1.98. The number of fused-ring (bicyclic) bond motifs is 1. The van der Waals surface area contributed by atoms with E-state index in [1.54, 1.807) is 0 Å². The average Bonchev–Trinajstić information content (AvgIpc) is 2.80. The number of nitrogens with one attached hydrogen (secondary N) is 2. The second-order valence-corrected chi connectivity index (χ2v) is 5.22. The van der Waals surface area contributed by atoms with E-state index in [1.165, 1.54) is 0 Å². The fourth-order valence-electron chi connectivity index (χ4n) is 2.53. The number of H-pyrrole nitrogens is 1. The lowest BCUT2D eigenvalue weighted by atomic mass is 9.86. The number of alkyl halides is 2. The maximum absolute atomic E-state index is 13.1. The third-order valence-corrected chi connectivity index (χ3v) is 3.72. The summed E-state index contributed by atoms with van der Waals surface area (Å²) in [6.07, 6.45) is 0.00849. The Morgan fingerprint density at radius 2 is 2.00 bits per heavy atom. The standard InChI is InChI=1S/C14H15F2N3O/c15-14(16)7-5-9(6-8-14)12(20)19-13-17-10-3-1-2-4-11(10)18-13/h1-4,9H,5-8H2,(H2,17,18,19,20). The SMILES string of the molecule is O=C(Nc1nc2ccccc2[nH]1)C1CCC(F)(F)CC1. The highest BCUT2D eigenvalue weighted by atomic mass is 19.3. The Morgan fingerprint density at radius 3 is 2.70 bits per heavy atom. The Bertz CT molecular complexity index is 595. The zero-order valence-corrected chi connectivity index (χ0v) is 10.8. The van der Waals surface area contributed by atoms with Crippen LogP contribution in [0.15, 0.2) is 24.3 Å². The Kier molecular flexibility index (Phi) is 3.16. The predicted octanol–water partition coefficient (Wildman–Crippen LogP) is 3.33. The number of aromatic amines is 1. The molecule has 0 radical (unpaired) electrons. The molecule has 0 bridgehead atoms. The summed E-state index contributed by atoms with van der Waals surface area (Å²) in [5.41, 5.74) is 1.59. The van der Waals surface area contributed by atoms with Crippen LogP contribution in [0.25, 0.3) is 11.0 Å². The molecule has 2 N–H and O–H groups in total. The minimum Gasteiger partial charge on any atom is -0.324 e. The summed E-state index contributed by atoms with van der Waals surface area (Å²) in [4.78, 5) is 19.3. The summed E-state index contributed by atoms with van der Waals surface area (Å²) >= 11 is 0. The molecule has 106 valence electrons. The van der Waals surface area contributed by atoms with Crippen LogP contribution in [0.2, 0.25) is 0 Å². The van der Waals surface area contributed by atoms with Crippen molar-refractivity contribution in [3.63, 3.8) is 0 Å². The van der Waals surface area contributed by atoms with E-state index in [-0.39, 0.29) is 37.5 Å². The van der Waals surface area contributed by atoms with Gasteiger partial charge >= 0.3 is 0 Å². The van der Waals surface area contributed by atoms with Gasteiger partial charge in [-0.1, -0.05) is 12.1 Å². The summed E-state index contributed by atoms with van der Waals surface area (Å²) in [5, 5.41) is 2.68. The van der Waals surface area contributed by atoms with Crippen molar-refractivity contribution >= 4 is 22.9 Å². The molecule has 4 nitrogen and oxygen atoms in total. The first-order valence-electron chi connectivity index (χ1n) is 6.67. The van der Waals surface area contributed by atoms with E-state index >= 15 is 0 Å². The highest BCUT2D eigenvalue weighted by Crippen LogP contribution is 2.36. The molecular formula is C14H15F2N3O. The van der Waals surface area contributed by atoms with Crippen LogP contribution in [0, 0.1) is 5.92 Å². The van der Waals surface area contributed by atoms with Crippen molar-refractivity contribution < 1.29 is 13.6 Å². The third-order valence-electron chi connectivity index (χ3n) is 3.72. The summed E-state index contributed by atoms with van der Waals surface area (Å²) in [7, 11) is 0. The van der Waals surface area contributed by atoms with Crippen LogP contribution in [0.1, 0.15) is 25.7 Å². The van der Waals surface area contributed by atoms with Crippen molar-refractivity contribution in [1.82, 2.24) is 9.97 Å². The first-order valence-corrected chi connectivity index (χ1v) is 6.67. The van der Waals surface area contributed by atoms with E-state index in [4.69, 9.17) is 0 Å². The topological polar surface area (TPSA) is 57.8 Å². The lowest BCUT2D eigenvalue weighted by molar-refractivity contribution is -0.124. The van der Waals surface area contributed by atoms with Gasteiger partial charge in [0, 0.05) is 18.8 Å².